The van der Waals surface area contributed by atoms with Crippen molar-refractivity contribution < 1.29 is 19.7 Å². The summed E-state index contributed by atoms with van der Waals surface area (Å²) < 4.78 is 6.67. The molecule has 2 aromatic rings. The number of fused-ring (bicyclic) bond motifs is 1. The standard InChI is InChI=1S/C19H25N3O5/c1-18(2,3)27-17(25)21-10-7-19(26,8-11-21)15(23)13-12-20-14-6-4-5-9-22(14)16(13)24/h4-6,9,12,15,23,26H,7-8,10-11H2,1-3H3. The molecule has 0 aliphatic carbocycles. The number of nitrogens with zero attached hydrogens (tertiary/aromatic N) is 3. The highest BCUT2D eigenvalue weighted by Gasteiger charge is 2.42. The number of pyridine rings is 1. The Morgan fingerprint density at radius 1 is 1.30 bits per heavy atom. The van der Waals surface area contributed by atoms with Crippen molar-refractivity contribution in [1.82, 2.24) is 14.3 Å². The molecule has 2 N–H and O–H groups in total. The van der Waals surface area contributed by atoms with Gasteiger partial charge in [-0.3, -0.25) is 9.20 Å². The summed E-state index contributed by atoms with van der Waals surface area (Å²) in [7, 11) is 0. The first-order chi connectivity index (χ1) is 12.6. The first-order valence-corrected chi connectivity index (χ1v) is 8.95. The van der Waals surface area contributed by atoms with Crippen molar-refractivity contribution in [2.45, 2.75) is 50.9 Å². The average Bonchev–Trinajstić information content (AvgIpc) is 2.61. The lowest BCUT2D eigenvalue weighted by molar-refractivity contribution is -0.111. The van der Waals surface area contributed by atoms with Crippen LogP contribution in [0.1, 0.15) is 45.3 Å². The number of carbonyl (C=O) groups excluding carboxylic acids is 1. The predicted molar refractivity (Wildman–Crippen MR) is 98.4 cm³/mol. The number of hydrogen-bond donors (Lipinski definition) is 2. The Bertz CT molecular complexity index is 894. The van der Waals surface area contributed by atoms with Gasteiger partial charge < -0.3 is 19.8 Å². The average molecular weight is 375 g/mol. The van der Waals surface area contributed by atoms with Gasteiger partial charge in [-0.25, -0.2) is 9.78 Å². The van der Waals surface area contributed by atoms with Crippen LogP contribution in [0.15, 0.2) is 35.4 Å². The molecule has 146 valence electrons. The van der Waals surface area contributed by atoms with Crippen LogP contribution in [-0.4, -0.2) is 54.9 Å². The third-order valence-electron chi connectivity index (χ3n) is 4.72. The molecular weight excluding hydrogens is 350 g/mol. The molecule has 0 saturated carbocycles. The van der Waals surface area contributed by atoms with E-state index in [1.807, 2.05) is 0 Å². The maximum absolute atomic E-state index is 12.7. The molecule has 0 spiro atoms. The SMILES string of the molecule is CC(C)(C)OC(=O)N1CCC(O)(C(O)c2cnc3ccccn3c2=O)CC1. The Morgan fingerprint density at radius 3 is 2.59 bits per heavy atom. The molecule has 1 aliphatic rings. The molecule has 1 amide bonds. The van der Waals surface area contributed by atoms with Crippen LogP contribution in [0.2, 0.25) is 0 Å². The smallest absolute Gasteiger partial charge is 0.410 e. The van der Waals surface area contributed by atoms with E-state index >= 15 is 0 Å². The minimum absolute atomic E-state index is 0.0342. The van der Waals surface area contributed by atoms with E-state index in [1.54, 1.807) is 45.2 Å². The molecule has 0 bridgehead atoms. The second-order valence-corrected chi connectivity index (χ2v) is 7.92. The first kappa shape index (κ1) is 19.3. The summed E-state index contributed by atoms with van der Waals surface area (Å²) in [5.74, 6) is 0. The topological polar surface area (TPSA) is 104 Å². The molecule has 1 unspecified atom stereocenters. The highest BCUT2D eigenvalue weighted by Crippen LogP contribution is 2.34. The lowest BCUT2D eigenvalue weighted by Crippen LogP contribution is -2.51. The fraction of sp³-hybridized carbons (Fsp3) is 0.526. The summed E-state index contributed by atoms with van der Waals surface area (Å²) >= 11 is 0. The summed E-state index contributed by atoms with van der Waals surface area (Å²) in [6.07, 6.45) is 1.28. The highest BCUT2D eigenvalue weighted by molar-refractivity contribution is 5.68. The number of piperidine rings is 1. The molecule has 8 nitrogen and oxygen atoms in total. The van der Waals surface area contributed by atoms with Crippen LogP contribution in [0.3, 0.4) is 0 Å². The van der Waals surface area contributed by atoms with Crippen LogP contribution in [0.5, 0.6) is 0 Å². The third-order valence-corrected chi connectivity index (χ3v) is 4.72. The number of aliphatic hydroxyl groups excluding tert-OH is 1. The quantitative estimate of drug-likeness (QED) is 0.824. The molecule has 27 heavy (non-hydrogen) atoms. The zero-order chi connectivity index (χ0) is 19.8. The summed E-state index contributed by atoms with van der Waals surface area (Å²) in [5.41, 5.74) is -2.04. The van der Waals surface area contributed by atoms with Crippen LogP contribution in [0.4, 0.5) is 4.79 Å². The summed E-state index contributed by atoms with van der Waals surface area (Å²) in [5, 5.41) is 21.6. The largest absolute Gasteiger partial charge is 0.444 e. The minimum atomic E-state index is -1.51. The maximum atomic E-state index is 12.7. The van der Waals surface area contributed by atoms with Crippen LogP contribution in [0, 0.1) is 0 Å². The van der Waals surface area contributed by atoms with Crippen molar-refractivity contribution in [3.8, 4) is 0 Å². The van der Waals surface area contributed by atoms with E-state index in [1.165, 1.54) is 15.5 Å². The van der Waals surface area contributed by atoms with Crippen molar-refractivity contribution in [1.29, 1.82) is 0 Å². The predicted octanol–water partition coefficient (Wildman–Crippen LogP) is 1.49. The normalized spacial score (nSPS) is 18.3. The van der Waals surface area contributed by atoms with Crippen molar-refractivity contribution in [2.24, 2.45) is 0 Å². The van der Waals surface area contributed by atoms with E-state index in [9.17, 15) is 19.8 Å². The number of aromatic nitrogens is 2. The van der Waals surface area contributed by atoms with Crippen molar-refractivity contribution >= 4 is 11.7 Å². The maximum Gasteiger partial charge on any atom is 0.410 e. The molecule has 8 heteroatoms. The van der Waals surface area contributed by atoms with Gasteiger partial charge in [0.05, 0.1) is 11.2 Å². The summed E-state index contributed by atoms with van der Waals surface area (Å²) in [6.45, 7) is 5.81. The summed E-state index contributed by atoms with van der Waals surface area (Å²) in [6, 6.07) is 5.14. The van der Waals surface area contributed by atoms with Crippen LogP contribution in [0.25, 0.3) is 5.65 Å². The fourth-order valence-electron chi connectivity index (χ4n) is 3.19. The van der Waals surface area contributed by atoms with Crippen molar-refractivity contribution in [3.63, 3.8) is 0 Å². The Hall–Kier alpha value is -2.45. The zero-order valence-corrected chi connectivity index (χ0v) is 15.8. The van der Waals surface area contributed by atoms with Gasteiger partial charge in [0.25, 0.3) is 5.56 Å². The molecule has 0 aromatic carbocycles. The van der Waals surface area contributed by atoms with Gasteiger partial charge in [0.15, 0.2) is 0 Å². The molecule has 3 heterocycles. The second-order valence-electron chi connectivity index (χ2n) is 7.92. The first-order valence-electron chi connectivity index (χ1n) is 8.95. The number of ether oxygens (including phenoxy) is 1. The van der Waals surface area contributed by atoms with E-state index in [2.05, 4.69) is 4.98 Å². The monoisotopic (exact) mass is 375 g/mol. The van der Waals surface area contributed by atoms with E-state index in [-0.39, 0.29) is 31.5 Å². The van der Waals surface area contributed by atoms with Gasteiger partial charge in [-0.2, -0.15) is 0 Å². The Labute approximate surface area is 157 Å². The van der Waals surface area contributed by atoms with Gasteiger partial charge in [-0.15, -0.1) is 0 Å². The van der Waals surface area contributed by atoms with E-state index < -0.39 is 29.0 Å². The number of rotatable bonds is 2. The van der Waals surface area contributed by atoms with E-state index in [0.717, 1.165) is 0 Å². The van der Waals surface area contributed by atoms with Gasteiger partial charge in [0.1, 0.15) is 17.4 Å². The van der Waals surface area contributed by atoms with Gasteiger partial charge in [-0.1, -0.05) is 6.07 Å². The third kappa shape index (κ3) is 3.96. The van der Waals surface area contributed by atoms with E-state index in [4.69, 9.17) is 4.74 Å². The van der Waals surface area contributed by atoms with Crippen LogP contribution < -0.4 is 5.56 Å². The van der Waals surface area contributed by atoms with Crippen LogP contribution in [-0.2, 0) is 4.74 Å². The molecule has 3 rings (SSSR count). The molecule has 0 radical (unpaired) electrons. The molecule has 2 aromatic heterocycles. The Kier molecular flexibility index (Phi) is 4.96. The second kappa shape index (κ2) is 6.94. The molecule has 1 aliphatic heterocycles. The van der Waals surface area contributed by atoms with Gasteiger partial charge >= 0.3 is 6.09 Å². The molecule has 1 atom stereocenters. The molecule has 1 saturated heterocycles. The minimum Gasteiger partial charge on any atom is -0.444 e. The number of amides is 1. The van der Waals surface area contributed by atoms with Gasteiger partial charge in [-0.05, 0) is 45.7 Å². The fourth-order valence-corrected chi connectivity index (χ4v) is 3.19. The van der Waals surface area contributed by atoms with Crippen LogP contribution >= 0.6 is 0 Å². The molecular formula is C19H25N3O5. The number of hydrogen-bond acceptors (Lipinski definition) is 6. The lowest BCUT2D eigenvalue weighted by atomic mass is 9.83. The van der Waals surface area contributed by atoms with Crippen molar-refractivity contribution in [2.75, 3.05) is 13.1 Å². The highest BCUT2D eigenvalue weighted by atomic mass is 16.6. The van der Waals surface area contributed by atoms with Crippen molar-refractivity contribution in [3.05, 3.63) is 46.5 Å². The van der Waals surface area contributed by atoms with E-state index in [0.29, 0.717) is 5.65 Å². The Balaban J connectivity index is 1.77. The molecule has 1 fully saturated rings. The number of aliphatic hydroxyl groups is 2. The number of carbonyl (C=O) groups is 1. The number of likely N-dealkylation sites (tertiary alicyclic amines) is 1. The lowest BCUT2D eigenvalue weighted by Gasteiger charge is -2.40. The van der Waals surface area contributed by atoms with Gasteiger partial charge in [0.2, 0.25) is 0 Å². The Morgan fingerprint density at radius 2 is 1.96 bits per heavy atom. The zero-order valence-electron chi connectivity index (χ0n) is 15.8. The summed E-state index contributed by atoms with van der Waals surface area (Å²) in [4.78, 5) is 30.5. The van der Waals surface area contributed by atoms with Gasteiger partial charge in [0, 0.05) is 25.5 Å².